The van der Waals surface area contributed by atoms with Gasteiger partial charge >= 0.3 is 5.97 Å². The Morgan fingerprint density at radius 1 is 1.48 bits per heavy atom. The van der Waals surface area contributed by atoms with E-state index in [0.717, 1.165) is 17.9 Å². The number of carboxylic acids is 1. The molecule has 21 heavy (non-hydrogen) atoms. The molecule has 1 fully saturated rings. The molecule has 1 saturated heterocycles. The van der Waals surface area contributed by atoms with Gasteiger partial charge < -0.3 is 15.4 Å². The maximum atomic E-state index is 11.9. The van der Waals surface area contributed by atoms with Crippen LogP contribution in [0.25, 0.3) is 11.0 Å². The highest BCUT2D eigenvalue weighted by molar-refractivity contribution is 7.99. The van der Waals surface area contributed by atoms with E-state index < -0.39 is 5.97 Å². The molecule has 7 heteroatoms. The number of hydrogen-bond acceptors (Lipinski definition) is 4. The SMILES string of the molecule is O=C(O)c1ccc2nc(CNC(=O)C3CCSC3)[nH]c2c1. The van der Waals surface area contributed by atoms with E-state index in [9.17, 15) is 9.59 Å². The van der Waals surface area contributed by atoms with E-state index in [0.29, 0.717) is 23.4 Å². The van der Waals surface area contributed by atoms with Crippen molar-refractivity contribution in [3.8, 4) is 0 Å². The van der Waals surface area contributed by atoms with Crippen LogP contribution in [-0.4, -0.2) is 38.5 Å². The Kier molecular flexibility index (Phi) is 3.83. The minimum absolute atomic E-state index is 0.0617. The molecule has 0 radical (unpaired) electrons. The Morgan fingerprint density at radius 2 is 2.33 bits per heavy atom. The molecule has 2 aromatic rings. The van der Waals surface area contributed by atoms with Crippen molar-refractivity contribution in [3.05, 3.63) is 29.6 Å². The first-order chi connectivity index (χ1) is 10.1. The van der Waals surface area contributed by atoms with Crippen LogP contribution in [-0.2, 0) is 11.3 Å². The fourth-order valence-corrected chi connectivity index (χ4v) is 3.56. The van der Waals surface area contributed by atoms with Crippen LogP contribution in [0.1, 0.15) is 22.6 Å². The number of nitrogens with one attached hydrogen (secondary N) is 2. The minimum Gasteiger partial charge on any atom is -0.478 e. The quantitative estimate of drug-likeness (QED) is 0.798. The number of amides is 1. The van der Waals surface area contributed by atoms with Gasteiger partial charge in [-0.15, -0.1) is 0 Å². The lowest BCUT2D eigenvalue weighted by Crippen LogP contribution is -2.30. The highest BCUT2D eigenvalue weighted by Crippen LogP contribution is 2.23. The predicted octanol–water partition coefficient (Wildman–Crippen LogP) is 1.63. The first-order valence-electron chi connectivity index (χ1n) is 6.71. The summed E-state index contributed by atoms with van der Waals surface area (Å²) in [5.74, 6) is 1.74. The second-order valence-corrected chi connectivity index (χ2v) is 6.15. The molecule has 1 unspecified atom stereocenters. The van der Waals surface area contributed by atoms with E-state index in [2.05, 4.69) is 15.3 Å². The number of benzene rings is 1. The molecule has 2 heterocycles. The molecular formula is C14H15N3O3S. The van der Waals surface area contributed by atoms with Crippen molar-refractivity contribution in [2.24, 2.45) is 5.92 Å². The number of aromatic amines is 1. The summed E-state index contributed by atoms with van der Waals surface area (Å²) in [4.78, 5) is 30.2. The van der Waals surface area contributed by atoms with Crippen LogP contribution in [0.3, 0.4) is 0 Å². The molecular weight excluding hydrogens is 290 g/mol. The van der Waals surface area contributed by atoms with Crippen LogP contribution >= 0.6 is 11.8 Å². The summed E-state index contributed by atoms with van der Waals surface area (Å²) in [5.41, 5.74) is 1.57. The highest BCUT2D eigenvalue weighted by Gasteiger charge is 2.22. The molecule has 110 valence electrons. The van der Waals surface area contributed by atoms with Crippen molar-refractivity contribution in [3.63, 3.8) is 0 Å². The lowest BCUT2D eigenvalue weighted by atomic mass is 10.1. The largest absolute Gasteiger partial charge is 0.478 e. The molecule has 0 bridgehead atoms. The Bertz CT molecular complexity index is 692. The maximum Gasteiger partial charge on any atom is 0.335 e. The van der Waals surface area contributed by atoms with Crippen molar-refractivity contribution < 1.29 is 14.7 Å². The van der Waals surface area contributed by atoms with E-state index in [1.165, 1.54) is 6.07 Å². The van der Waals surface area contributed by atoms with E-state index in [4.69, 9.17) is 5.11 Å². The average Bonchev–Trinajstić information content (AvgIpc) is 3.12. The fraction of sp³-hybridized carbons (Fsp3) is 0.357. The Hall–Kier alpha value is -2.02. The number of hydrogen-bond donors (Lipinski definition) is 3. The molecule has 0 saturated carbocycles. The molecule has 1 atom stereocenters. The number of H-pyrrole nitrogens is 1. The lowest BCUT2D eigenvalue weighted by Gasteiger charge is -2.07. The number of fused-ring (bicyclic) bond motifs is 1. The third-order valence-corrected chi connectivity index (χ3v) is 4.67. The number of thioether (sulfide) groups is 1. The topological polar surface area (TPSA) is 95.1 Å². The maximum absolute atomic E-state index is 11.9. The van der Waals surface area contributed by atoms with Crippen LogP contribution in [0, 0.1) is 5.92 Å². The number of carbonyl (C=O) groups excluding carboxylic acids is 1. The summed E-state index contributed by atoms with van der Waals surface area (Å²) in [5, 5.41) is 11.8. The number of rotatable bonds is 4. The third kappa shape index (κ3) is 3.02. The van der Waals surface area contributed by atoms with Crippen molar-refractivity contribution in [1.82, 2.24) is 15.3 Å². The van der Waals surface area contributed by atoms with Gasteiger partial charge in [-0.25, -0.2) is 9.78 Å². The monoisotopic (exact) mass is 305 g/mol. The second kappa shape index (κ2) is 5.77. The second-order valence-electron chi connectivity index (χ2n) is 5.00. The summed E-state index contributed by atoms with van der Waals surface area (Å²) < 4.78 is 0. The van der Waals surface area contributed by atoms with Gasteiger partial charge in [0.25, 0.3) is 0 Å². The van der Waals surface area contributed by atoms with E-state index in [-0.39, 0.29) is 17.4 Å². The molecule has 1 aliphatic rings. The van der Waals surface area contributed by atoms with Gasteiger partial charge in [-0.1, -0.05) is 0 Å². The molecule has 3 N–H and O–H groups in total. The normalized spacial score (nSPS) is 18.0. The molecule has 0 aliphatic carbocycles. The number of carboxylic acid groups (broad SMARTS) is 1. The number of imidazole rings is 1. The summed E-state index contributed by atoms with van der Waals surface area (Å²) in [6.45, 7) is 0.330. The van der Waals surface area contributed by atoms with Gasteiger partial charge in [-0.05, 0) is 30.4 Å². The average molecular weight is 305 g/mol. The van der Waals surface area contributed by atoms with E-state index in [1.807, 2.05) is 0 Å². The first-order valence-corrected chi connectivity index (χ1v) is 7.86. The van der Waals surface area contributed by atoms with Crippen molar-refractivity contribution in [2.45, 2.75) is 13.0 Å². The summed E-state index contributed by atoms with van der Waals surface area (Å²) >= 11 is 1.80. The zero-order chi connectivity index (χ0) is 14.8. The standard InChI is InChI=1S/C14H15N3O3S/c18-13(9-3-4-21-7-9)15-6-12-16-10-2-1-8(14(19)20)5-11(10)17-12/h1-2,5,9H,3-4,6-7H2,(H,15,18)(H,16,17)(H,19,20). The number of carbonyl (C=O) groups is 2. The van der Waals surface area contributed by atoms with Gasteiger partial charge in [-0.3, -0.25) is 4.79 Å². The zero-order valence-electron chi connectivity index (χ0n) is 11.3. The Labute approximate surface area is 125 Å². The molecule has 1 amide bonds. The third-order valence-electron chi connectivity index (χ3n) is 3.51. The van der Waals surface area contributed by atoms with Crippen molar-refractivity contribution >= 4 is 34.7 Å². The van der Waals surface area contributed by atoms with Crippen LogP contribution in [0.15, 0.2) is 18.2 Å². The summed E-state index contributed by atoms with van der Waals surface area (Å²) in [6, 6.07) is 4.72. The van der Waals surface area contributed by atoms with Gasteiger partial charge in [0.05, 0.1) is 23.1 Å². The molecule has 1 aromatic heterocycles. The van der Waals surface area contributed by atoms with Crippen molar-refractivity contribution in [1.29, 1.82) is 0 Å². The predicted molar refractivity (Wildman–Crippen MR) is 80.3 cm³/mol. The molecule has 1 aromatic carbocycles. The van der Waals surface area contributed by atoms with E-state index in [1.54, 1.807) is 23.9 Å². The summed E-state index contributed by atoms with van der Waals surface area (Å²) in [7, 11) is 0. The van der Waals surface area contributed by atoms with E-state index >= 15 is 0 Å². The number of aromatic carboxylic acids is 1. The number of nitrogens with zero attached hydrogens (tertiary/aromatic N) is 1. The molecule has 6 nitrogen and oxygen atoms in total. The van der Waals surface area contributed by atoms with Gasteiger partial charge in [0.2, 0.25) is 5.91 Å². The van der Waals surface area contributed by atoms with Gasteiger partial charge in [0, 0.05) is 11.7 Å². The van der Waals surface area contributed by atoms with Crippen LogP contribution < -0.4 is 5.32 Å². The van der Waals surface area contributed by atoms with Crippen molar-refractivity contribution in [2.75, 3.05) is 11.5 Å². The minimum atomic E-state index is -0.972. The van der Waals surface area contributed by atoms with Gasteiger partial charge in [0.1, 0.15) is 5.82 Å². The summed E-state index contributed by atoms with van der Waals surface area (Å²) in [6.07, 6.45) is 0.929. The van der Waals surface area contributed by atoms with Gasteiger partial charge in [-0.2, -0.15) is 11.8 Å². The Morgan fingerprint density at radius 3 is 3.05 bits per heavy atom. The fourth-order valence-electron chi connectivity index (χ4n) is 2.34. The Balaban J connectivity index is 1.69. The zero-order valence-corrected chi connectivity index (χ0v) is 12.1. The highest BCUT2D eigenvalue weighted by atomic mass is 32.2. The first kappa shape index (κ1) is 13.9. The smallest absolute Gasteiger partial charge is 0.335 e. The molecule has 0 spiro atoms. The number of aromatic nitrogens is 2. The van der Waals surface area contributed by atoms with Gasteiger partial charge in [0.15, 0.2) is 0 Å². The molecule has 3 rings (SSSR count). The lowest BCUT2D eigenvalue weighted by molar-refractivity contribution is -0.124. The van der Waals surface area contributed by atoms with Crippen LogP contribution in [0.4, 0.5) is 0 Å². The van der Waals surface area contributed by atoms with Crippen LogP contribution in [0.5, 0.6) is 0 Å². The molecule has 1 aliphatic heterocycles. The van der Waals surface area contributed by atoms with Crippen LogP contribution in [0.2, 0.25) is 0 Å².